The molecule has 1 aromatic carbocycles. The Hall–Kier alpha value is -1.35. The second kappa shape index (κ2) is 5.57. The van der Waals surface area contributed by atoms with Crippen molar-refractivity contribution in [3.63, 3.8) is 0 Å². The van der Waals surface area contributed by atoms with E-state index in [4.69, 9.17) is 4.74 Å². The summed E-state index contributed by atoms with van der Waals surface area (Å²) in [6, 6.07) is 7.20. The molecule has 1 N–H and O–H groups in total. The maximum absolute atomic E-state index is 11.9. The van der Waals surface area contributed by atoms with Crippen molar-refractivity contribution in [3.8, 4) is 0 Å². The van der Waals surface area contributed by atoms with Crippen LogP contribution in [-0.4, -0.2) is 16.7 Å². The SMILES string of the molecule is CC(C)(C)OC(=O)c1ccc(C2(O)CCCCC2)cc1. The second-order valence-electron chi connectivity index (χ2n) is 6.67. The minimum absolute atomic E-state index is 0.320. The summed E-state index contributed by atoms with van der Waals surface area (Å²) < 4.78 is 5.33. The molecule has 3 heteroatoms. The Labute approximate surface area is 121 Å². The molecule has 0 atom stereocenters. The predicted octanol–water partition coefficient (Wildman–Crippen LogP) is 3.79. The molecule has 1 aromatic rings. The topological polar surface area (TPSA) is 46.5 Å². The largest absolute Gasteiger partial charge is 0.456 e. The van der Waals surface area contributed by atoms with Crippen LogP contribution in [0.25, 0.3) is 0 Å². The number of benzene rings is 1. The second-order valence-corrected chi connectivity index (χ2v) is 6.67. The van der Waals surface area contributed by atoms with E-state index < -0.39 is 11.2 Å². The molecule has 0 unspecified atom stereocenters. The molecule has 0 amide bonds. The molecule has 110 valence electrons. The van der Waals surface area contributed by atoms with Gasteiger partial charge in [-0.05, 0) is 51.3 Å². The summed E-state index contributed by atoms with van der Waals surface area (Å²) in [5.41, 5.74) is 0.231. The third-order valence-corrected chi connectivity index (χ3v) is 3.74. The summed E-state index contributed by atoms with van der Waals surface area (Å²) >= 11 is 0. The highest BCUT2D eigenvalue weighted by molar-refractivity contribution is 5.89. The first kappa shape index (κ1) is 15.0. The minimum Gasteiger partial charge on any atom is -0.456 e. The number of carbonyl (C=O) groups is 1. The summed E-state index contributed by atoms with van der Waals surface area (Å²) in [6.07, 6.45) is 4.92. The van der Waals surface area contributed by atoms with Crippen molar-refractivity contribution in [3.05, 3.63) is 35.4 Å². The lowest BCUT2D eigenvalue weighted by Gasteiger charge is -2.32. The summed E-state index contributed by atoms with van der Waals surface area (Å²) in [7, 11) is 0. The number of hydrogen-bond donors (Lipinski definition) is 1. The van der Waals surface area contributed by atoms with Crippen molar-refractivity contribution in [2.75, 3.05) is 0 Å². The monoisotopic (exact) mass is 276 g/mol. The quantitative estimate of drug-likeness (QED) is 0.836. The first-order valence-corrected chi connectivity index (χ1v) is 7.36. The van der Waals surface area contributed by atoms with Crippen molar-refractivity contribution >= 4 is 5.97 Å². The smallest absolute Gasteiger partial charge is 0.338 e. The molecular weight excluding hydrogens is 252 g/mol. The number of esters is 1. The highest BCUT2D eigenvalue weighted by atomic mass is 16.6. The average molecular weight is 276 g/mol. The van der Waals surface area contributed by atoms with Crippen molar-refractivity contribution in [1.82, 2.24) is 0 Å². The van der Waals surface area contributed by atoms with Crippen LogP contribution in [0.2, 0.25) is 0 Å². The lowest BCUT2D eigenvalue weighted by Crippen LogP contribution is -2.28. The van der Waals surface area contributed by atoms with E-state index in [9.17, 15) is 9.90 Å². The van der Waals surface area contributed by atoms with Gasteiger partial charge in [0.2, 0.25) is 0 Å². The Morgan fingerprint density at radius 3 is 2.15 bits per heavy atom. The number of ether oxygens (including phenoxy) is 1. The van der Waals surface area contributed by atoms with Crippen molar-refractivity contribution in [2.24, 2.45) is 0 Å². The van der Waals surface area contributed by atoms with Gasteiger partial charge in [0.1, 0.15) is 5.60 Å². The molecule has 0 aliphatic heterocycles. The third-order valence-electron chi connectivity index (χ3n) is 3.74. The van der Waals surface area contributed by atoms with E-state index in [1.54, 1.807) is 12.1 Å². The van der Waals surface area contributed by atoms with Crippen LogP contribution >= 0.6 is 0 Å². The summed E-state index contributed by atoms with van der Waals surface area (Å²) in [5.74, 6) is -0.320. The van der Waals surface area contributed by atoms with Crippen LogP contribution in [0.3, 0.4) is 0 Å². The Bertz CT molecular complexity index is 462. The summed E-state index contributed by atoms with van der Waals surface area (Å²) in [6.45, 7) is 5.55. The molecule has 1 aliphatic rings. The standard InChI is InChI=1S/C17H24O3/c1-16(2,3)20-15(18)13-7-9-14(10-8-13)17(19)11-5-4-6-12-17/h7-10,19H,4-6,11-12H2,1-3H3. The zero-order valence-electron chi connectivity index (χ0n) is 12.6. The predicted molar refractivity (Wildman–Crippen MR) is 78.6 cm³/mol. The van der Waals surface area contributed by atoms with Gasteiger partial charge in [0.15, 0.2) is 0 Å². The van der Waals surface area contributed by atoms with E-state index in [1.165, 1.54) is 6.42 Å². The minimum atomic E-state index is -0.718. The lowest BCUT2D eigenvalue weighted by molar-refractivity contribution is -0.00109. The number of carbonyl (C=O) groups excluding carboxylic acids is 1. The molecule has 2 rings (SSSR count). The van der Waals surface area contributed by atoms with E-state index in [0.717, 1.165) is 31.2 Å². The fraction of sp³-hybridized carbons (Fsp3) is 0.588. The van der Waals surface area contributed by atoms with Gasteiger partial charge in [0.05, 0.1) is 11.2 Å². The molecular formula is C17H24O3. The van der Waals surface area contributed by atoms with Crippen LogP contribution < -0.4 is 0 Å². The summed E-state index contributed by atoms with van der Waals surface area (Å²) in [4.78, 5) is 11.9. The van der Waals surface area contributed by atoms with Crippen LogP contribution in [0.15, 0.2) is 24.3 Å². The average Bonchev–Trinajstić information content (AvgIpc) is 2.38. The molecule has 0 aromatic heterocycles. The van der Waals surface area contributed by atoms with Gasteiger partial charge in [0, 0.05) is 0 Å². The molecule has 0 bridgehead atoms. The van der Waals surface area contributed by atoms with E-state index >= 15 is 0 Å². The Balaban J connectivity index is 2.12. The highest BCUT2D eigenvalue weighted by Gasteiger charge is 2.31. The molecule has 20 heavy (non-hydrogen) atoms. The van der Waals surface area contributed by atoms with Gasteiger partial charge < -0.3 is 9.84 Å². The van der Waals surface area contributed by atoms with E-state index in [1.807, 2.05) is 32.9 Å². The molecule has 0 saturated heterocycles. The molecule has 0 heterocycles. The number of rotatable bonds is 2. The van der Waals surface area contributed by atoms with Crippen molar-refractivity contribution in [2.45, 2.75) is 64.1 Å². The molecule has 1 saturated carbocycles. The molecule has 0 spiro atoms. The van der Waals surface area contributed by atoms with E-state index in [-0.39, 0.29) is 5.97 Å². The maximum Gasteiger partial charge on any atom is 0.338 e. The molecule has 3 nitrogen and oxygen atoms in total. The van der Waals surface area contributed by atoms with Gasteiger partial charge in [-0.1, -0.05) is 31.4 Å². The van der Waals surface area contributed by atoms with Crippen molar-refractivity contribution < 1.29 is 14.6 Å². The van der Waals surface area contributed by atoms with Gasteiger partial charge >= 0.3 is 5.97 Å². The van der Waals surface area contributed by atoms with Crippen LogP contribution in [-0.2, 0) is 10.3 Å². The van der Waals surface area contributed by atoms with Crippen molar-refractivity contribution in [1.29, 1.82) is 0 Å². The van der Waals surface area contributed by atoms with Gasteiger partial charge in [-0.25, -0.2) is 4.79 Å². The van der Waals surface area contributed by atoms with Crippen LogP contribution in [0.1, 0.15) is 68.8 Å². The third kappa shape index (κ3) is 3.60. The molecule has 1 aliphatic carbocycles. The van der Waals surface area contributed by atoms with Crippen LogP contribution in [0.5, 0.6) is 0 Å². The molecule has 0 radical (unpaired) electrons. The van der Waals surface area contributed by atoms with Gasteiger partial charge in [-0.2, -0.15) is 0 Å². The Morgan fingerprint density at radius 1 is 1.10 bits per heavy atom. The zero-order chi connectivity index (χ0) is 14.8. The fourth-order valence-electron chi connectivity index (χ4n) is 2.68. The number of hydrogen-bond acceptors (Lipinski definition) is 3. The zero-order valence-corrected chi connectivity index (χ0v) is 12.6. The van der Waals surface area contributed by atoms with Gasteiger partial charge in [-0.15, -0.1) is 0 Å². The first-order chi connectivity index (χ1) is 9.30. The van der Waals surface area contributed by atoms with E-state index in [2.05, 4.69) is 0 Å². The highest BCUT2D eigenvalue weighted by Crippen LogP contribution is 2.36. The van der Waals surface area contributed by atoms with Gasteiger partial charge in [0.25, 0.3) is 0 Å². The Kier molecular flexibility index (Phi) is 4.19. The van der Waals surface area contributed by atoms with Crippen LogP contribution in [0, 0.1) is 0 Å². The Morgan fingerprint density at radius 2 is 1.65 bits per heavy atom. The number of aliphatic hydroxyl groups is 1. The van der Waals surface area contributed by atoms with E-state index in [0.29, 0.717) is 5.56 Å². The normalized spacial score (nSPS) is 18.6. The van der Waals surface area contributed by atoms with Crippen LogP contribution in [0.4, 0.5) is 0 Å². The fourth-order valence-corrected chi connectivity index (χ4v) is 2.68. The molecule has 1 fully saturated rings. The first-order valence-electron chi connectivity index (χ1n) is 7.36. The summed E-state index contributed by atoms with van der Waals surface area (Å²) in [5, 5.41) is 10.6. The van der Waals surface area contributed by atoms with Gasteiger partial charge in [-0.3, -0.25) is 0 Å². The maximum atomic E-state index is 11.9. The lowest BCUT2D eigenvalue weighted by atomic mass is 9.79.